The van der Waals surface area contributed by atoms with E-state index in [1.165, 1.54) is 32.1 Å². The molecule has 3 rings (SSSR count). The summed E-state index contributed by atoms with van der Waals surface area (Å²) < 4.78 is 0. The van der Waals surface area contributed by atoms with E-state index in [0.717, 1.165) is 12.1 Å². The van der Waals surface area contributed by atoms with E-state index in [4.69, 9.17) is 0 Å². The van der Waals surface area contributed by atoms with Gasteiger partial charge in [0.25, 0.3) is 5.91 Å². The number of amides is 1. The van der Waals surface area contributed by atoms with E-state index in [1.54, 1.807) is 12.1 Å². The molecule has 1 saturated carbocycles. The van der Waals surface area contributed by atoms with Gasteiger partial charge in [0.15, 0.2) is 0 Å². The average molecular weight is 285 g/mol. The Morgan fingerprint density at radius 2 is 1.95 bits per heavy atom. The first-order valence-electron chi connectivity index (χ1n) is 7.45. The van der Waals surface area contributed by atoms with E-state index in [1.807, 2.05) is 12.1 Å². The summed E-state index contributed by atoms with van der Waals surface area (Å²) in [4.78, 5) is 12.1. The number of H-pyrrole nitrogens is 1. The van der Waals surface area contributed by atoms with Crippen LogP contribution in [0, 0.1) is 5.92 Å². The smallest absolute Gasteiger partial charge is 0.251 e. The SMILES string of the molecule is O=C(NCC1CCCCC1)c1ccc(-c2nn[nH]n2)cc1. The van der Waals surface area contributed by atoms with Crippen LogP contribution in [-0.4, -0.2) is 33.1 Å². The standard InChI is InChI=1S/C15H19N5O/c21-15(16-10-11-4-2-1-3-5-11)13-8-6-12(7-9-13)14-17-19-20-18-14/h6-9,11H,1-5,10H2,(H,16,21)(H,17,18,19,20). The Balaban J connectivity index is 1.57. The third-order valence-corrected chi connectivity index (χ3v) is 4.03. The second-order valence-corrected chi connectivity index (χ2v) is 5.53. The van der Waals surface area contributed by atoms with Crippen molar-refractivity contribution in [3.63, 3.8) is 0 Å². The van der Waals surface area contributed by atoms with Crippen LogP contribution in [0.2, 0.25) is 0 Å². The molecule has 1 aromatic carbocycles. The zero-order chi connectivity index (χ0) is 14.5. The van der Waals surface area contributed by atoms with Crippen LogP contribution in [0.15, 0.2) is 24.3 Å². The van der Waals surface area contributed by atoms with E-state index in [0.29, 0.717) is 17.3 Å². The Bertz CT molecular complexity index is 573. The molecule has 1 aliphatic rings. The molecule has 6 heteroatoms. The summed E-state index contributed by atoms with van der Waals surface area (Å²) in [7, 11) is 0. The first-order valence-corrected chi connectivity index (χ1v) is 7.45. The van der Waals surface area contributed by atoms with Gasteiger partial charge < -0.3 is 5.32 Å². The first kappa shape index (κ1) is 13.7. The Hall–Kier alpha value is -2.24. The number of carbonyl (C=O) groups excluding carboxylic acids is 1. The van der Waals surface area contributed by atoms with Crippen LogP contribution in [0.25, 0.3) is 11.4 Å². The fourth-order valence-corrected chi connectivity index (χ4v) is 2.79. The molecule has 0 aliphatic heterocycles. The predicted molar refractivity (Wildman–Crippen MR) is 78.5 cm³/mol. The van der Waals surface area contributed by atoms with Crippen molar-refractivity contribution in [1.29, 1.82) is 0 Å². The molecule has 2 N–H and O–H groups in total. The van der Waals surface area contributed by atoms with Crippen LogP contribution in [0.3, 0.4) is 0 Å². The van der Waals surface area contributed by atoms with Gasteiger partial charge >= 0.3 is 0 Å². The summed E-state index contributed by atoms with van der Waals surface area (Å²) in [6.45, 7) is 0.783. The number of nitrogens with zero attached hydrogens (tertiary/aromatic N) is 3. The minimum absolute atomic E-state index is 0.0137. The molecule has 2 aromatic rings. The summed E-state index contributed by atoms with van der Waals surface area (Å²) in [5.74, 6) is 1.16. The van der Waals surface area contributed by atoms with Crippen molar-refractivity contribution in [2.75, 3.05) is 6.54 Å². The summed E-state index contributed by atoms with van der Waals surface area (Å²) in [5, 5.41) is 16.8. The number of carbonyl (C=O) groups is 1. The number of aromatic amines is 1. The lowest BCUT2D eigenvalue weighted by Crippen LogP contribution is -2.30. The lowest BCUT2D eigenvalue weighted by atomic mass is 9.89. The van der Waals surface area contributed by atoms with Crippen LogP contribution >= 0.6 is 0 Å². The number of hydrogen-bond donors (Lipinski definition) is 2. The predicted octanol–water partition coefficient (Wildman–Crippen LogP) is 2.18. The minimum atomic E-state index is -0.0137. The Labute approximate surface area is 123 Å². The van der Waals surface area contributed by atoms with E-state index < -0.39 is 0 Å². The molecule has 0 radical (unpaired) electrons. The minimum Gasteiger partial charge on any atom is -0.352 e. The Kier molecular flexibility index (Phi) is 4.23. The lowest BCUT2D eigenvalue weighted by molar-refractivity contribution is 0.0943. The maximum atomic E-state index is 12.1. The third kappa shape index (κ3) is 3.45. The van der Waals surface area contributed by atoms with E-state index in [2.05, 4.69) is 25.9 Å². The lowest BCUT2D eigenvalue weighted by Gasteiger charge is -2.21. The van der Waals surface area contributed by atoms with E-state index >= 15 is 0 Å². The maximum Gasteiger partial charge on any atom is 0.251 e. The number of rotatable bonds is 4. The van der Waals surface area contributed by atoms with Gasteiger partial charge in [-0.15, -0.1) is 10.2 Å². The number of nitrogens with one attached hydrogen (secondary N) is 2. The molecule has 21 heavy (non-hydrogen) atoms. The molecule has 1 amide bonds. The van der Waals surface area contributed by atoms with Crippen molar-refractivity contribution >= 4 is 5.91 Å². The second kappa shape index (κ2) is 6.47. The number of aromatic nitrogens is 4. The highest BCUT2D eigenvalue weighted by Gasteiger charge is 2.15. The molecule has 1 aromatic heterocycles. The summed E-state index contributed by atoms with van der Waals surface area (Å²) in [6, 6.07) is 7.25. The van der Waals surface area contributed by atoms with Crippen LogP contribution < -0.4 is 5.32 Å². The molecular weight excluding hydrogens is 266 g/mol. The highest BCUT2D eigenvalue weighted by Crippen LogP contribution is 2.22. The maximum absolute atomic E-state index is 12.1. The van der Waals surface area contributed by atoms with Crippen molar-refractivity contribution in [3.05, 3.63) is 29.8 Å². The summed E-state index contributed by atoms with van der Waals surface area (Å²) in [6.07, 6.45) is 6.38. The van der Waals surface area contributed by atoms with Gasteiger partial charge in [-0.3, -0.25) is 4.79 Å². The van der Waals surface area contributed by atoms with Crippen LogP contribution in [0.5, 0.6) is 0 Å². The molecule has 6 nitrogen and oxygen atoms in total. The molecule has 1 fully saturated rings. The third-order valence-electron chi connectivity index (χ3n) is 4.03. The largest absolute Gasteiger partial charge is 0.352 e. The van der Waals surface area contributed by atoms with Gasteiger partial charge in [-0.25, -0.2) is 0 Å². The number of hydrogen-bond acceptors (Lipinski definition) is 4. The molecule has 0 bridgehead atoms. The zero-order valence-corrected chi connectivity index (χ0v) is 11.9. The normalized spacial score (nSPS) is 15.8. The molecule has 0 saturated heterocycles. The molecular formula is C15H19N5O. The molecule has 0 spiro atoms. The molecule has 1 heterocycles. The van der Waals surface area contributed by atoms with Gasteiger partial charge in [0.2, 0.25) is 5.82 Å². The first-order chi connectivity index (χ1) is 10.3. The van der Waals surface area contributed by atoms with Gasteiger partial charge in [0.1, 0.15) is 0 Å². The highest BCUT2D eigenvalue weighted by atomic mass is 16.1. The van der Waals surface area contributed by atoms with Crippen molar-refractivity contribution < 1.29 is 4.79 Å². The quantitative estimate of drug-likeness (QED) is 0.901. The van der Waals surface area contributed by atoms with Crippen LogP contribution in [0.4, 0.5) is 0 Å². The topological polar surface area (TPSA) is 83.6 Å². The highest BCUT2D eigenvalue weighted by molar-refractivity contribution is 5.94. The Morgan fingerprint density at radius 1 is 1.19 bits per heavy atom. The Morgan fingerprint density at radius 3 is 2.62 bits per heavy atom. The molecule has 1 aliphatic carbocycles. The summed E-state index contributed by atoms with van der Waals surface area (Å²) >= 11 is 0. The number of benzene rings is 1. The monoisotopic (exact) mass is 285 g/mol. The number of tetrazole rings is 1. The van der Waals surface area contributed by atoms with E-state index in [9.17, 15) is 4.79 Å². The second-order valence-electron chi connectivity index (χ2n) is 5.53. The van der Waals surface area contributed by atoms with Crippen molar-refractivity contribution in [2.24, 2.45) is 5.92 Å². The average Bonchev–Trinajstić information content (AvgIpc) is 3.08. The zero-order valence-electron chi connectivity index (χ0n) is 11.9. The van der Waals surface area contributed by atoms with Crippen molar-refractivity contribution in [3.8, 4) is 11.4 Å². The van der Waals surface area contributed by atoms with Gasteiger partial charge in [0.05, 0.1) is 0 Å². The van der Waals surface area contributed by atoms with Gasteiger partial charge in [0, 0.05) is 17.7 Å². The molecule has 0 atom stereocenters. The molecule has 110 valence electrons. The van der Waals surface area contributed by atoms with Crippen LogP contribution in [-0.2, 0) is 0 Å². The van der Waals surface area contributed by atoms with Gasteiger partial charge in [-0.05, 0) is 36.1 Å². The fourth-order valence-electron chi connectivity index (χ4n) is 2.79. The van der Waals surface area contributed by atoms with Crippen molar-refractivity contribution in [1.82, 2.24) is 25.9 Å². The van der Waals surface area contributed by atoms with E-state index in [-0.39, 0.29) is 5.91 Å². The van der Waals surface area contributed by atoms with Crippen LogP contribution in [0.1, 0.15) is 42.5 Å². The van der Waals surface area contributed by atoms with Crippen molar-refractivity contribution in [2.45, 2.75) is 32.1 Å². The van der Waals surface area contributed by atoms with Gasteiger partial charge in [-0.2, -0.15) is 5.21 Å². The summed E-state index contributed by atoms with van der Waals surface area (Å²) in [5.41, 5.74) is 1.51. The fraction of sp³-hybridized carbons (Fsp3) is 0.467. The molecule has 0 unspecified atom stereocenters. The van der Waals surface area contributed by atoms with Gasteiger partial charge in [-0.1, -0.05) is 31.4 Å².